The van der Waals surface area contributed by atoms with Crippen molar-refractivity contribution in [3.05, 3.63) is 28.5 Å². The van der Waals surface area contributed by atoms with E-state index in [4.69, 9.17) is 14.5 Å². The van der Waals surface area contributed by atoms with Crippen LogP contribution in [-0.4, -0.2) is 68.8 Å². The van der Waals surface area contributed by atoms with E-state index < -0.39 is 0 Å². The van der Waals surface area contributed by atoms with Gasteiger partial charge in [-0.1, -0.05) is 6.07 Å². The van der Waals surface area contributed by atoms with E-state index >= 15 is 0 Å². The van der Waals surface area contributed by atoms with Gasteiger partial charge in [0.2, 0.25) is 5.95 Å². The number of thiophene rings is 1. The van der Waals surface area contributed by atoms with Crippen LogP contribution in [0.1, 0.15) is 4.88 Å². The highest BCUT2D eigenvalue weighted by atomic mass is 32.1. The zero-order valence-corrected chi connectivity index (χ0v) is 15.3. The van der Waals surface area contributed by atoms with Crippen LogP contribution in [0.25, 0.3) is 0 Å². The van der Waals surface area contributed by atoms with Crippen molar-refractivity contribution in [1.82, 2.24) is 9.97 Å². The zero-order chi connectivity index (χ0) is 17.6. The van der Waals surface area contributed by atoms with Gasteiger partial charge in [0.25, 0.3) is 0 Å². The van der Waals surface area contributed by atoms with Crippen molar-refractivity contribution in [3.63, 3.8) is 0 Å². The van der Waals surface area contributed by atoms with Gasteiger partial charge in [0.05, 0.1) is 32.6 Å². The molecule has 0 unspecified atom stereocenters. The molecule has 2 aliphatic heterocycles. The first-order valence-corrected chi connectivity index (χ1v) is 9.63. The lowest BCUT2D eigenvalue weighted by Gasteiger charge is -2.31. The maximum atomic E-state index is 5.45. The molecule has 4 heterocycles. The van der Waals surface area contributed by atoms with Crippen molar-refractivity contribution < 1.29 is 9.47 Å². The summed E-state index contributed by atoms with van der Waals surface area (Å²) in [6.45, 7) is 6.09. The molecule has 1 N–H and O–H groups in total. The monoisotopic (exact) mass is 374 g/mol. The lowest BCUT2D eigenvalue weighted by molar-refractivity contribution is 0.121. The Balaban J connectivity index is 1.56. The Kier molecular flexibility index (Phi) is 5.58. The molecular formula is C17H22N6O2S. The van der Waals surface area contributed by atoms with E-state index in [1.54, 1.807) is 17.6 Å². The molecule has 0 amide bonds. The number of hydrogen-bond donors (Lipinski definition) is 1. The summed E-state index contributed by atoms with van der Waals surface area (Å²) in [6.07, 6.45) is 1.80. The molecule has 26 heavy (non-hydrogen) atoms. The average molecular weight is 374 g/mol. The van der Waals surface area contributed by atoms with E-state index in [1.807, 2.05) is 23.6 Å². The van der Waals surface area contributed by atoms with E-state index in [1.165, 1.54) is 0 Å². The second-order valence-electron chi connectivity index (χ2n) is 6.00. The number of rotatable bonds is 5. The van der Waals surface area contributed by atoms with E-state index in [0.29, 0.717) is 25.0 Å². The third-order valence-corrected chi connectivity index (χ3v) is 5.05. The third kappa shape index (κ3) is 4.29. The number of anilines is 3. The molecule has 8 nitrogen and oxygen atoms in total. The minimum atomic E-state index is 0.691. The lowest BCUT2D eigenvalue weighted by Crippen LogP contribution is -2.39. The van der Waals surface area contributed by atoms with Crippen LogP contribution in [0.3, 0.4) is 0 Å². The van der Waals surface area contributed by atoms with E-state index in [9.17, 15) is 0 Å². The fraction of sp³-hybridized carbons (Fsp3) is 0.471. The number of ether oxygens (including phenoxy) is 2. The fourth-order valence-electron chi connectivity index (χ4n) is 2.87. The first kappa shape index (κ1) is 17.2. The molecule has 0 spiro atoms. The Bertz CT molecular complexity index is 691. The van der Waals surface area contributed by atoms with Crippen molar-refractivity contribution >= 4 is 35.1 Å². The molecule has 0 aliphatic carbocycles. The molecule has 9 heteroatoms. The summed E-state index contributed by atoms with van der Waals surface area (Å²) < 4.78 is 10.9. The Morgan fingerprint density at radius 2 is 1.77 bits per heavy atom. The van der Waals surface area contributed by atoms with Gasteiger partial charge in [0, 0.05) is 37.1 Å². The van der Waals surface area contributed by atoms with Crippen LogP contribution in [0.5, 0.6) is 0 Å². The third-order valence-electron chi connectivity index (χ3n) is 4.24. The molecule has 138 valence electrons. The molecule has 0 atom stereocenters. The molecule has 0 aromatic carbocycles. The molecule has 2 aromatic heterocycles. The smallest absolute Gasteiger partial charge is 0.229 e. The van der Waals surface area contributed by atoms with Gasteiger partial charge in [-0.05, 0) is 11.4 Å². The molecule has 2 fully saturated rings. The summed E-state index contributed by atoms with van der Waals surface area (Å²) in [5.41, 5.74) is 3.05. The minimum absolute atomic E-state index is 0.691. The van der Waals surface area contributed by atoms with Crippen molar-refractivity contribution in [3.8, 4) is 0 Å². The predicted octanol–water partition coefficient (Wildman–Crippen LogP) is 1.66. The SMILES string of the molecule is C(=N/Nc1cc(N2CCOCC2)nc(N2CCOCC2)n1)/c1cccs1. The second kappa shape index (κ2) is 8.43. The summed E-state index contributed by atoms with van der Waals surface area (Å²) in [7, 11) is 0. The van der Waals surface area contributed by atoms with Crippen LogP contribution < -0.4 is 15.2 Å². The lowest BCUT2D eigenvalue weighted by atomic mass is 10.4. The summed E-state index contributed by atoms with van der Waals surface area (Å²) in [6, 6.07) is 5.97. The summed E-state index contributed by atoms with van der Waals surface area (Å²) >= 11 is 1.64. The van der Waals surface area contributed by atoms with E-state index in [-0.39, 0.29) is 0 Å². The van der Waals surface area contributed by atoms with Crippen LogP contribution in [0.15, 0.2) is 28.7 Å². The number of nitrogens with one attached hydrogen (secondary N) is 1. The molecule has 0 radical (unpaired) electrons. The van der Waals surface area contributed by atoms with Gasteiger partial charge in [0.15, 0.2) is 5.82 Å². The van der Waals surface area contributed by atoms with Crippen LogP contribution >= 0.6 is 11.3 Å². The minimum Gasteiger partial charge on any atom is -0.378 e. The summed E-state index contributed by atoms with van der Waals surface area (Å²) in [5, 5.41) is 6.34. The molecule has 0 saturated carbocycles. The standard InChI is InChI=1S/C17H22N6O2S/c1-2-14(26-11-1)13-18-21-15-12-16(22-3-7-24-8-4-22)20-17(19-15)23-5-9-25-10-6-23/h1-2,11-13H,3-10H2,(H,19,20,21)/b18-13-. The van der Waals surface area contributed by atoms with Crippen molar-refractivity contribution in [2.45, 2.75) is 0 Å². The van der Waals surface area contributed by atoms with E-state index in [2.05, 4.69) is 25.3 Å². The van der Waals surface area contributed by atoms with Crippen molar-refractivity contribution in [2.75, 3.05) is 67.8 Å². The molecular weight excluding hydrogens is 352 g/mol. The van der Waals surface area contributed by atoms with Crippen LogP contribution in [0.4, 0.5) is 17.6 Å². The average Bonchev–Trinajstić information content (AvgIpc) is 3.23. The first-order valence-electron chi connectivity index (χ1n) is 8.75. The maximum Gasteiger partial charge on any atom is 0.229 e. The van der Waals surface area contributed by atoms with Crippen LogP contribution in [0.2, 0.25) is 0 Å². The Labute approximate surface area is 156 Å². The molecule has 2 aromatic rings. The predicted molar refractivity (Wildman–Crippen MR) is 104 cm³/mol. The van der Waals surface area contributed by atoms with Gasteiger partial charge in [-0.25, -0.2) is 0 Å². The maximum absolute atomic E-state index is 5.45. The quantitative estimate of drug-likeness (QED) is 0.630. The number of hydrazone groups is 1. The van der Waals surface area contributed by atoms with E-state index in [0.717, 1.165) is 50.1 Å². The Morgan fingerprint density at radius 3 is 2.46 bits per heavy atom. The number of aromatic nitrogens is 2. The highest BCUT2D eigenvalue weighted by molar-refractivity contribution is 7.11. The molecule has 2 aliphatic rings. The van der Waals surface area contributed by atoms with Gasteiger partial charge < -0.3 is 19.3 Å². The highest BCUT2D eigenvalue weighted by Gasteiger charge is 2.19. The zero-order valence-electron chi connectivity index (χ0n) is 14.5. The van der Waals surface area contributed by atoms with Gasteiger partial charge in [0.1, 0.15) is 5.82 Å². The number of morpholine rings is 2. The Morgan fingerprint density at radius 1 is 1.04 bits per heavy atom. The van der Waals surface area contributed by atoms with Crippen LogP contribution in [0, 0.1) is 0 Å². The highest BCUT2D eigenvalue weighted by Crippen LogP contribution is 2.22. The second-order valence-corrected chi connectivity index (χ2v) is 6.97. The molecule has 2 saturated heterocycles. The molecule has 0 bridgehead atoms. The topological polar surface area (TPSA) is 75.1 Å². The van der Waals surface area contributed by atoms with Crippen molar-refractivity contribution in [2.24, 2.45) is 5.10 Å². The normalized spacial score (nSPS) is 18.5. The largest absolute Gasteiger partial charge is 0.378 e. The first-order chi connectivity index (χ1) is 12.9. The molecule has 4 rings (SSSR count). The van der Waals surface area contributed by atoms with Gasteiger partial charge in [-0.3, -0.25) is 5.43 Å². The van der Waals surface area contributed by atoms with Crippen molar-refractivity contribution in [1.29, 1.82) is 0 Å². The van der Waals surface area contributed by atoms with Crippen LogP contribution in [-0.2, 0) is 9.47 Å². The number of hydrogen-bond acceptors (Lipinski definition) is 9. The van der Waals surface area contributed by atoms with Gasteiger partial charge in [-0.15, -0.1) is 11.3 Å². The summed E-state index contributed by atoms with van der Waals surface area (Å²) in [5.74, 6) is 2.31. The van der Waals surface area contributed by atoms with Gasteiger partial charge in [-0.2, -0.15) is 15.1 Å². The number of nitrogens with zero attached hydrogens (tertiary/aromatic N) is 5. The van der Waals surface area contributed by atoms with Gasteiger partial charge >= 0.3 is 0 Å². The Hall–Kier alpha value is -2.23. The summed E-state index contributed by atoms with van der Waals surface area (Å²) in [4.78, 5) is 14.9. The fourth-order valence-corrected chi connectivity index (χ4v) is 3.45.